The first-order valence-electron chi connectivity index (χ1n) is 11.2. The quantitative estimate of drug-likeness (QED) is 0.575. The Kier molecular flexibility index (Phi) is 6.83. The van der Waals surface area contributed by atoms with Gasteiger partial charge < -0.3 is 15.0 Å². The molecule has 1 aromatic carbocycles. The van der Waals surface area contributed by atoms with Gasteiger partial charge in [0.25, 0.3) is 5.91 Å². The van der Waals surface area contributed by atoms with Crippen molar-refractivity contribution in [1.29, 1.82) is 0 Å². The van der Waals surface area contributed by atoms with Crippen LogP contribution in [0.3, 0.4) is 0 Å². The van der Waals surface area contributed by atoms with Gasteiger partial charge in [0.1, 0.15) is 5.60 Å². The second-order valence-electron chi connectivity index (χ2n) is 9.19. The molecule has 1 fully saturated rings. The van der Waals surface area contributed by atoms with Crippen molar-refractivity contribution in [2.75, 3.05) is 13.1 Å². The Labute approximate surface area is 198 Å². The summed E-state index contributed by atoms with van der Waals surface area (Å²) in [6.07, 6.45) is 2.85. The highest BCUT2D eigenvalue weighted by atomic mass is 32.1. The standard InChI is InChI=1S/C25H30N4O3S/c1-25(2,3)32-24(31)28-13-11-18(12-14-28)22-21(23(30)26-16-20-10-7-15-33-20)17-27-29(22)19-8-5-4-6-9-19/h4-10,15,17-18H,11-14,16H2,1-3H3,(H,26,30). The molecule has 33 heavy (non-hydrogen) atoms. The van der Waals surface area contributed by atoms with E-state index >= 15 is 0 Å². The number of carbonyl (C=O) groups excluding carboxylic acids is 2. The Morgan fingerprint density at radius 3 is 2.48 bits per heavy atom. The SMILES string of the molecule is CC(C)(C)OC(=O)N1CCC(c2c(C(=O)NCc3cccs3)cnn2-c2ccccc2)CC1. The van der Waals surface area contributed by atoms with E-state index in [-0.39, 0.29) is 17.9 Å². The van der Waals surface area contributed by atoms with Crippen molar-refractivity contribution in [3.63, 3.8) is 0 Å². The van der Waals surface area contributed by atoms with E-state index in [2.05, 4.69) is 10.4 Å². The lowest BCUT2D eigenvalue weighted by molar-refractivity contribution is 0.0203. The summed E-state index contributed by atoms with van der Waals surface area (Å²) in [5.74, 6) is -0.0240. The fourth-order valence-electron chi connectivity index (χ4n) is 4.04. The van der Waals surface area contributed by atoms with Crippen LogP contribution in [0.2, 0.25) is 0 Å². The number of rotatable bonds is 5. The summed E-state index contributed by atoms with van der Waals surface area (Å²) in [5.41, 5.74) is 1.88. The third-order valence-electron chi connectivity index (χ3n) is 5.59. The average molecular weight is 467 g/mol. The molecule has 0 aliphatic carbocycles. The Morgan fingerprint density at radius 2 is 1.85 bits per heavy atom. The molecule has 4 rings (SSSR count). The zero-order chi connectivity index (χ0) is 23.4. The predicted octanol–water partition coefficient (Wildman–Crippen LogP) is 4.98. The van der Waals surface area contributed by atoms with Gasteiger partial charge >= 0.3 is 6.09 Å². The number of piperidine rings is 1. The minimum Gasteiger partial charge on any atom is -0.444 e. The van der Waals surface area contributed by atoms with E-state index < -0.39 is 5.60 Å². The number of aromatic nitrogens is 2. The van der Waals surface area contributed by atoms with Crippen LogP contribution in [0, 0.1) is 0 Å². The lowest BCUT2D eigenvalue weighted by atomic mass is 9.91. The molecule has 0 saturated carbocycles. The van der Waals surface area contributed by atoms with Gasteiger partial charge in [0, 0.05) is 23.9 Å². The number of ether oxygens (including phenoxy) is 1. The molecule has 7 nitrogen and oxygen atoms in total. The van der Waals surface area contributed by atoms with E-state index in [1.165, 1.54) is 0 Å². The van der Waals surface area contributed by atoms with Gasteiger partial charge in [0.05, 0.1) is 29.7 Å². The zero-order valence-corrected chi connectivity index (χ0v) is 20.1. The second-order valence-corrected chi connectivity index (χ2v) is 10.2. The average Bonchev–Trinajstić information content (AvgIpc) is 3.47. The van der Waals surface area contributed by atoms with E-state index in [4.69, 9.17) is 4.74 Å². The molecule has 1 N–H and O–H groups in total. The first-order chi connectivity index (χ1) is 15.8. The molecule has 0 atom stereocenters. The summed E-state index contributed by atoms with van der Waals surface area (Å²) in [5, 5.41) is 9.61. The lowest BCUT2D eigenvalue weighted by Crippen LogP contribution is -2.41. The van der Waals surface area contributed by atoms with Crippen molar-refractivity contribution in [1.82, 2.24) is 20.0 Å². The maximum Gasteiger partial charge on any atom is 0.410 e. The summed E-state index contributed by atoms with van der Waals surface area (Å²) in [7, 11) is 0. The molecule has 3 aromatic rings. The molecule has 1 aliphatic heterocycles. The third-order valence-corrected chi connectivity index (χ3v) is 6.46. The van der Waals surface area contributed by atoms with Gasteiger partial charge in [-0.3, -0.25) is 4.79 Å². The van der Waals surface area contributed by atoms with Crippen LogP contribution in [-0.2, 0) is 11.3 Å². The molecule has 1 aliphatic rings. The van der Waals surface area contributed by atoms with Crippen molar-refractivity contribution in [3.05, 3.63) is 70.2 Å². The van der Waals surface area contributed by atoms with Gasteiger partial charge in [-0.05, 0) is 57.2 Å². The maximum atomic E-state index is 13.1. The van der Waals surface area contributed by atoms with Crippen LogP contribution in [0.25, 0.3) is 5.69 Å². The Morgan fingerprint density at radius 1 is 1.12 bits per heavy atom. The molecular weight excluding hydrogens is 436 g/mol. The van der Waals surface area contributed by atoms with E-state index in [9.17, 15) is 9.59 Å². The maximum absolute atomic E-state index is 13.1. The number of thiophene rings is 1. The molecule has 3 heterocycles. The van der Waals surface area contributed by atoms with Gasteiger partial charge in [0.15, 0.2) is 0 Å². The van der Waals surface area contributed by atoms with Crippen LogP contribution in [0.1, 0.15) is 60.5 Å². The van der Waals surface area contributed by atoms with E-state index in [0.29, 0.717) is 25.2 Å². The van der Waals surface area contributed by atoms with E-state index in [1.54, 1.807) is 22.4 Å². The summed E-state index contributed by atoms with van der Waals surface area (Å²) in [4.78, 5) is 28.5. The van der Waals surface area contributed by atoms with Crippen LogP contribution in [0.4, 0.5) is 4.79 Å². The topological polar surface area (TPSA) is 76.5 Å². The zero-order valence-electron chi connectivity index (χ0n) is 19.3. The van der Waals surface area contributed by atoms with Crippen molar-refractivity contribution >= 4 is 23.3 Å². The molecule has 0 unspecified atom stereocenters. The first kappa shape index (κ1) is 23.0. The summed E-state index contributed by atoms with van der Waals surface area (Å²) >= 11 is 1.62. The summed E-state index contributed by atoms with van der Waals surface area (Å²) in [6.45, 7) is 7.26. The number of likely N-dealkylation sites (tertiary alicyclic amines) is 1. The fraction of sp³-hybridized carbons (Fsp3) is 0.400. The number of hydrogen-bond donors (Lipinski definition) is 1. The van der Waals surface area contributed by atoms with Crippen molar-refractivity contribution in [3.8, 4) is 5.69 Å². The normalized spacial score (nSPS) is 14.8. The van der Waals surface area contributed by atoms with Crippen LogP contribution in [-0.4, -0.2) is 45.4 Å². The highest BCUT2D eigenvalue weighted by molar-refractivity contribution is 7.09. The number of nitrogens with zero attached hydrogens (tertiary/aromatic N) is 3. The first-order valence-corrected chi connectivity index (χ1v) is 12.1. The van der Waals surface area contributed by atoms with E-state index in [1.807, 2.05) is 73.3 Å². The van der Waals surface area contributed by atoms with Crippen molar-refractivity contribution in [2.24, 2.45) is 0 Å². The number of hydrogen-bond acceptors (Lipinski definition) is 5. The molecular formula is C25H30N4O3S. The number of para-hydroxylation sites is 1. The molecule has 8 heteroatoms. The van der Waals surface area contributed by atoms with Gasteiger partial charge in [-0.25, -0.2) is 9.48 Å². The summed E-state index contributed by atoms with van der Waals surface area (Å²) < 4.78 is 7.40. The Hall–Kier alpha value is -3.13. The van der Waals surface area contributed by atoms with Crippen LogP contribution in [0.5, 0.6) is 0 Å². The molecule has 2 aromatic heterocycles. The van der Waals surface area contributed by atoms with Gasteiger partial charge in [-0.15, -0.1) is 11.3 Å². The summed E-state index contributed by atoms with van der Waals surface area (Å²) in [6, 6.07) is 13.8. The van der Waals surface area contributed by atoms with Crippen molar-refractivity contribution in [2.45, 2.75) is 51.7 Å². The molecule has 2 amide bonds. The molecule has 0 radical (unpaired) electrons. The fourth-order valence-corrected chi connectivity index (χ4v) is 4.68. The Balaban J connectivity index is 1.55. The largest absolute Gasteiger partial charge is 0.444 e. The lowest BCUT2D eigenvalue weighted by Gasteiger charge is -2.34. The predicted molar refractivity (Wildman–Crippen MR) is 129 cm³/mol. The molecule has 0 bridgehead atoms. The molecule has 0 spiro atoms. The number of benzene rings is 1. The number of nitrogens with one attached hydrogen (secondary N) is 1. The molecule has 1 saturated heterocycles. The highest BCUT2D eigenvalue weighted by Gasteiger charge is 2.32. The van der Waals surface area contributed by atoms with Crippen molar-refractivity contribution < 1.29 is 14.3 Å². The smallest absolute Gasteiger partial charge is 0.410 e. The van der Waals surface area contributed by atoms with Crippen LogP contribution < -0.4 is 5.32 Å². The number of amides is 2. The molecule has 174 valence electrons. The second kappa shape index (κ2) is 9.79. The van der Waals surface area contributed by atoms with Crippen LogP contribution in [0.15, 0.2) is 54.0 Å². The van der Waals surface area contributed by atoms with Gasteiger partial charge in [-0.2, -0.15) is 5.10 Å². The minimum atomic E-state index is -0.520. The third kappa shape index (κ3) is 5.63. The highest BCUT2D eigenvalue weighted by Crippen LogP contribution is 2.32. The Bertz CT molecular complexity index is 1080. The van der Waals surface area contributed by atoms with E-state index in [0.717, 1.165) is 29.1 Å². The van der Waals surface area contributed by atoms with Gasteiger partial charge in [-0.1, -0.05) is 24.3 Å². The van der Waals surface area contributed by atoms with Gasteiger partial charge in [0.2, 0.25) is 0 Å². The monoisotopic (exact) mass is 466 g/mol. The van der Waals surface area contributed by atoms with Crippen LogP contribution >= 0.6 is 11.3 Å². The minimum absolute atomic E-state index is 0.105. The number of carbonyl (C=O) groups is 2.